The van der Waals surface area contributed by atoms with Crippen LogP contribution in [0.15, 0.2) is 42.9 Å². The second-order valence-corrected chi connectivity index (χ2v) is 13.8. The monoisotopic (exact) mass is 634 g/mol. The number of anilines is 1. The minimum absolute atomic E-state index is 0.0899. The summed E-state index contributed by atoms with van der Waals surface area (Å²) in [6.07, 6.45) is 11.5. The molecule has 1 saturated heterocycles. The number of imide groups is 2. The van der Waals surface area contributed by atoms with Gasteiger partial charge in [-0.1, -0.05) is 0 Å². The van der Waals surface area contributed by atoms with Gasteiger partial charge in [0.15, 0.2) is 0 Å². The van der Waals surface area contributed by atoms with Gasteiger partial charge in [0, 0.05) is 47.9 Å². The molecule has 1 atom stereocenters. The highest BCUT2D eigenvalue weighted by molar-refractivity contribution is 6.23. The average molecular weight is 635 g/mol. The summed E-state index contributed by atoms with van der Waals surface area (Å²) >= 11 is 0. The summed E-state index contributed by atoms with van der Waals surface area (Å²) in [7, 11) is 0. The topological polar surface area (TPSA) is 164 Å². The number of pyridine rings is 1. The Morgan fingerprint density at radius 3 is 2.49 bits per heavy atom. The van der Waals surface area contributed by atoms with Crippen molar-refractivity contribution in [2.75, 3.05) is 11.9 Å². The molecule has 0 spiro atoms. The Labute approximate surface area is 269 Å². The molecule has 4 amide bonds. The van der Waals surface area contributed by atoms with Crippen molar-refractivity contribution in [2.45, 2.75) is 81.5 Å². The molecule has 4 fully saturated rings. The van der Waals surface area contributed by atoms with E-state index in [1.54, 1.807) is 18.2 Å². The van der Waals surface area contributed by atoms with Crippen LogP contribution in [0, 0.1) is 5.92 Å². The number of hydrogen-bond donors (Lipinski definition) is 3. The van der Waals surface area contributed by atoms with E-state index in [9.17, 15) is 24.3 Å². The van der Waals surface area contributed by atoms with Crippen molar-refractivity contribution in [1.29, 1.82) is 0 Å². The predicted molar refractivity (Wildman–Crippen MR) is 168 cm³/mol. The molecule has 9 rings (SSSR count). The predicted octanol–water partition coefficient (Wildman–Crippen LogP) is 3.33. The lowest BCUT2D eigenvalue weighted by molar-refractivity contribution is -0.136. The molecule has 13 heteroatoms. The Bertz CT molecular complexity index is 1980. The fourth-order valence-corrected chi connectivity index (χ4v) is 7.51. The summed E-state index contributed by atoms with van der Waals surface area (Å²) < 4.78 is 4.15. The van der Waals surface area contributed by atoms with Gasteiger partial charge in [-0.2, -0.15) is 10.2 Å². The van der Waals surface area contributed by atoms with Gasteiger partial charge in [-0.25, -0.2) is 0 Å². The number of fused-ring (bicyclic) bond motifs is 2. The van der Waals surface area contributed by atoms with E-state index >= 15 is 0 Å². The van der Waals surface area contributed by atoms with Gasteiger partial charge >= 0.3 is 0 Å². The first-order valence-electron chi connectivity index (χ1n) is 16.5. The Balaban J connectivity index is 0.863. The van der Waals surface area contributed by atoms with Gasteiger partial charge < -0.3 is 10.4 Å². The molecule has 13 nitrogen and oxygen atoms in total. The van der Waals surface area contributed by atoms with E-state index in [1.807, 2.05) is 17.1 Å². The van der Waals surface area contributed by atoms with Crippen LogP contribution in [0.3, 0.4) is 0 Å². The maximum Gasteiger partial charge on any atom is 0.262 e. The number of aromatic nitrogens is 5. The summed E-state index contributed by atoms with van der Waals surface area (Å²) in [6, 6.07) is 6.76. The number of aliphatic hydroxyl groups excluding tert-OH is 1. The highest BCUT2D eigenvalue weighted by Crippen LogP contribution is 2.46. The van der Waals surface area contributed by atoms with Gasteiger partial charge in [-0.15, -0.1) is 0 Å². The molecule has 4 aromatic rings. The summed E-state index contributed by atoms with van der Waals surface area (Å²) in [5.74, 6) is -1.13. The van der Waals surface area contributed by atoms with Gasteiger partial charge in [0.1, 0.15) is 6.04 Å². The first-order valence-corrected chi connectivity index (χ1v) is 16.5. The third kappa shape index (κ3) is 4.74. The summed E-state index contributed by atoms with van der Waals surface area (Å²) in [5, 5.41) is 26.1. The first-order chi connectivity index (χ1) is 22.8. The van der Waals surface area contributed by atoms with Gasteiger partial charge in [0.2, 0.25) is 11.8 Å². The quantitative estimate of drug-likeness (QED) is 0.247. The number of benzene rings is 1. The zero-order valence-corrected chi connectivity index (χ0v) is 25.6. The van der Waals surface area contributed by atoms with Crippen LogP contribution in [-0.4, -0.2) is 76.9 Å². The number of rotatable bonds is 8. The minimum Gasteiger partial charge on any atom is -0.393 e. The Hall–Kier alpha value is -4.91. The molecule has 0 bridgehead atoms. The molecule has 3 aliphatic carbocycles. The fourth-order valence-electron chi connectivity index (χ4n) is 7.51. The number of nitrogens with zero attached hydrogens (tertiary/aromatic N) is 6. The third-order valence-electron chi connectivity index (χ3n) is 10.5. The van der Waals surface area contributed by atoms with Crippen molar-refractivity contribution < 1.29 is 24.3 Å². The molecule has 1 unspecified atom stereocenters. The SMILES string of the molecule is O=C1CCC(N2C(=O)c3ccc(NCC4CC(n5cc(-c6cc7c(cn6)cnn7C6CC(O)C6)c(C6CC6)n5)C4)cc3C2=O)C(=O)N1. The van der Waals surface area contributed by atoms with Crippen molar-refractivity contribution in [3.63, 3.8) is 0 Å². The summed E-state index contributed by atoms with van der Waals surface area (Å²) in [6.45, 7) is 0.718. The van der Waals surface area contributed by atoms with E-state index in [4.69, 9.17) is 10.1 Å². The minimum atomic E-state index is -0.976. The van der Waals surface area contributed by atoms with Crippen LogP contribution in [0.1, 0.15) is 95.8 Å². The van der Waals surface area contributed by atoms with E-state index in [0.29, 0.717) is 17.9 Å². The van der Waals surface area contributed by atoms with Crippen molar-refractivity contribution >= 4 is 40.2 Å². The van der Waals surface area contributed by atoms with E-state index < -0.39 is 29.7 Å². The van der Waals surface area contributed by atoms with Crippen LogP contribution in [-0.2, 0) is 9.59 Å². The molecule has 3 N–H and O–H groups in total. The largest absolute Gasteiger partial charge is 0.393 e. The lowest BCUT2D eigenvalue weighted by Gasteiger charge is -2.35. The zero-order valence-electron chi connectivity index (χ0n) is 25.6. The van der Waals surface area contributed by atoms with Crippen molar-refractivity contribution in [3.8, 4) is 11.3 Å². The molecule has 3 saturated carbocycles. The average Bonchev–Trinajstić information content (AvgIpc) is 3.57. The lowest BCUT2D eigenvalue weighted by atomic mass is 9.80. The van der Waals surface area contributed by atoms with Crippen LogP contribution in [0.2, 0.25) is 0 Å². The maximum atomic E-state index is 13.2. The van der Waals surface area contributed by atoms with E-state index in [1.165, 1.54) is 0 Å². The second kappa shape index (κ2) is 10.6. The zero-order chi connectivity index (χ0) is 32.0. The van der Waals surface area contributed by atoms with Crippen molar-refractivity contribution in [1.82, 2.24) is 34.8 Å². The number of hydrogen-bond acceptors (Lipinski definition) is 9. The van der Waals surface area contributed by atoms with Crippen molar-refractivity contribution in [2.24, 2.45) is 5.92 Å². The fraction of sp³-hybridized carbons (Fsp3) is 0.441. The number of nitrogens with one attached hydrogen (secondary N) is 2. The summed E-state index contributed by atoms with van der Waals surface area (Å²) in [4.78, 5) is 55.9. The van der Waals surface area contributed by atoms with Gasteiger partial charge in [-0.3, -0.25) is 43.7 Å². The van der Waals surface area contributed by atoms with Crippen LogP contribution in [0.4, 0.5) is 5.69 Å². The van der Waals surface area contributed by atoms with Gasteiger partial charge in [0.05, 0.1) is 52.4 Å². The molecule has 2 aliphatic heterocycles. The number of amides is 4. The smallest absolute Gasteiger partial charge is 0.262 e. The van der Waals surface area contributed by atoms with Crippen molar-refractivity contribution in [3.05, 3.63) is 59.7 Å². The maximum absolute atomic E-state index is 13.2. The number of aliphatic hydroxyl groups is 1. The highest BCUT2D eigenvalue weighted by Gasteiger charge is 2.45. The molecule has 47 heavy (non-hydrogen) atoms. The van der Waals surface area contributed by atoms with E-state index in [0.717, 1.165) is 83.5 Å². The van der Waals surface area contributed by atoms with Crippen LogP contribution >= 0.6 is 0 Å². The molecule has 0 radical (unpaired) electrons. The summed E-state index contributed by atoms with van der Waals surface area (Å²) in [5.41, 5.74) is 5.44. The van der Waals surface area contributed by atoms with E-state index in [2.05, 4.69) is 32.7 Å². The number of carbonyl (C=O) groups is 4. The molecule has 1 aromatic carbocycles. The van der Waals surface area contributed by atoms with Crippen LogP contribution in [0.5, 0.6) is 0 Å². The number of piperidine rings is 1. The third-order valence-corrected chi connectivity index (χ3v) is 10.5. The van der Waals surface area contributed by atoms with Crippen LogP contribution < -0.4 is 10.6 Å². The highest BCUT2D eigenvalue weighted by atomic mass is 16.3. The standard InChI is InChI=1S/C34H34N8O5/c43-23-10-22(11-23)42-29-12-27(36-14-19(29)15-37-42)26-16-40(39-31(26)18-1-2-18)21-7-17(8-21)13-35-20-3-4-24-25(9-20)34(47)41(33(24)46)28-5-6-30(44)38-32(28)45/h3-4,9,12,14-18,21-23,28,35,43H,1-2,5-8,10-11,13H2,(H,38,44,45). The van der Waals surface area contributed by atoms with E-state index in [-0.39, 0.29) is 36.1 Å². The number of carbonyl (C=O) groups excluding carboxylic acids is 4. The first kappa shape index (κ1) is 28.3. The Morgan fingerprint density at radius 1 is 0.915 bits per heavy atom. The molecule has 3 aromatic heterocycles. The normalized spacial score (nSPS) is 27.1. The van der Waals surface area contributed by atoms with Gasteiger partial charge in [0.25, 0.3) is 11.8 Å². The molecule has 5 heterocycles. The Kier molecular flexibility index (Phi) is 6.36. The molecular formula is C34H34N8O5. The molecule has 240 valence electrons. The van der Waals surface area contributed by atoms with Gasteiger partial charge in [-0.05, 0) is 75.1 Å². The second-order valence-electron chi connectivity index (χ2n) is 13.8. The molecular weight excluding hydrogens is 600 g/mol. The Morgan fingerprint density at radius 2 is 1.72 bits per heavy atom. The lowest BCUT2D eigenvalue weighted by Crippen LogP contribution is -2.54. The van der Waals surface area contributed by atoms with Crippen LogP contribution in [0.25, 0.3) is 22.2 Å². The molecule has 5 aliphatic rings.